The summed E-state index contributed by atoms with van der Waals surface area (Å²) in [5.41, 5.74) is 0. The fourth-order valence-electron chi connectivity index (χ4n) is 3.34. The van der Waals surface area contributed by atoms with Crippen LogP contribution in [0.1, 0.15) is 62.6 Å². The van der Waals surface area contributed by atoms with Crippen molar-refractivity contribution in [3.8, 4) is 0 Å². The fourth-order valence-corrected chi connectivity index (χ4v) is 4.51. The predicted molar refractivity (Wildman–Crippen MR) is 83.4 cm³/mol. The second kappa shape index (κ2) is 6.98. The molecular weight excluding hydrogens is 318 g/mol. The Bertz CT molecular complexity index is 643. The number of carbonyl (C=O) groups excluding carboxylic acids is 1. The number of aromatic nitrogens is 2. The van der Waals surface area contributed by atoms with E-state index in [4.69, 9.17) is 4.52 Å². The van der Waals surface area contributed by atoms with Gasteiger partial charge in [-0.05, 0) is 25.7 Å². The van der Waals surface area contributed by atoms with Gasteiger partial charge in [0.1, 0.15) is 11.5 Å². The van der Waals surface area contributed by atoms with Gasteiger partial charge in [-0.15, -0.1) is 0 Å². The van der Waals surface area contributed by atoms with Gasteiger partial charge in [-0.2, -0.15) is 4.98 Å². The number of likely N-dealkylation sites (tertiary alicyclic amines) is 1. The number of sulfone groups is 1. The average Bonchev–Trinajstić information content (AvgIpc) is 3.18. The maximum Gasteiger partial charge on any atom is 0.237 e. The lowest BCUT2D eigenvalue weighted by molar-refractivity contribution is -0.127. The molecule has 1 aromatic rings. The highest BCUT2D eigenvalue weighted by Gasteiger charge is 2.27. The molecule has 0 atom stereocenters. The standard InChI is InChI=1S/C15H23N3O4S/c19-14(18-8-4-5-9-18)11-23(20,21)10-13-16-15(22-17-13)12-6-2-1-3-7-12/h12H,1-11H2. The van der Waals surface area contributed by atoms with Crippen LogP contribution in [0, 0.1) is 0 Å². The van der Waals surface area contributed by atoms with Crippen molar-refractivity contribution in [3.05, 3.63) is 11.7 Å². The van der Waals surface area contributed by atoms with E-state index in [2.05, 4.69) is 10.1 Å². The van der Waals surface area contributed by atoms with Crippen LogP contribution >= 0.6 is 0 Å². The van der Waals surface area contributed by atoms with Crippen LogP contribution in [0.15, 0.2) is 4.52 Å². The minimum atomic E-state index is -3.56. The van der Waals surface area contributed by atoms with Crippen LogP contribution in [0.25, 0.3) is 0 Å². The molecule has 0 spiro atoms. The highest BCUT2D eigenvalue weighted by atomic mass is 32.2. The Morgan fingerprint density at radius 3 is 2.52 bits per heavy atom. The van der Waals surface area contributed by atoms with Crippen molar-refractivity contribution >= 4 is 15.7 Å². The molecule has 7 nitrogen and oxygen atoms in total. The quantitative estimate of drug-likeness (QED) is 0.808. The molecule has 8 heteroatoms. The van der Waals surface area contributed by atoms with Crippen LogP contribution < -0.4 is 0 Å². The number of hydrogen-bond donors (Lipinski definition) is 0. The summed E-state index contributed by atoms with van der Waals surface area (Å²) in [6.45, 7) is 1.31. The normalized spacial score (nSPS) is 20.1. The summed E-state index contributed by atoms with van der Waals surface area (Å²) >= 11 is 0. The monoisotopic (exact) mass is 341 g/mol. The largest absolute Gasteiger partial charge is 0.342 e. The van der Waals surface area contributed by atoms with Gasteiger partial charge >= 0.3 is 0 Å². The smallest absolute Gasteiger partial charge is 0.237 e. The summed E-state index contributed by atoms with van der Waals surface area (Å²) < 4.78 is 29.6. The van der Waals surface area contributed by atoms with Gasteiger partial charge in [0.15, 0.2) is 15.7 Å². The number of nitrogens with zero attached hydrogens (tertiary/aromatic N) is 3. The van der Waals surface area contributed by atoms with E-state index in [1.807, 2.05) is 0 Å². The zero-order chi connectivity index (χ0) is 16.3. The minimum Gasteiger partial charge on any atom is -0.342 e. The van der Waals surface area contributed by atoms with Crippen LogP contribution in [0.5, 0.6) is 0 Å². The van der Waals surface area contributed by atoms with Gasteiger partial charge in [-0.1, -0.05) is 24.4 Å². The highest BCUT2D eigenvalue weighted by molar-refractivity contribution is 7.91. The maximum absolute atomic E-state index is 12.2. The van der Waals surface area contributed by atoms with Gasteiger partial charge in [0.2, 0.25) is 11.8 Å². The second-order valence-corrected chi connectivity index (χ2v) is 8.57. The minimum absolute atomic E-state index is 0.166. The Morgan fingerprint density at radius 2 is 1.83 bits per heavy atom. The Balaban J connectivity index is 1.59. The molecule has 1 saturated heterocycles. The predicted octanol–water partition coefficient (Wildman–Crippen LogP) is 1.65. The molecule has 2 fully saturated rings. The molecule has 0 radical (unpaired) electrons. The number of hydrogen-bond acceptors (Lipinski definition) is 6. The first-order valence-corrected chi connectivity index (χ1v) is 10.2. The van der Waals surface area contributed by atoms with Crippen molar-refractivity contribution < 1.29 is 17.7 Å². The first-order chi connectivity index (χ1) is 11.0. The third-order valence-electron chi connectivity index (χ3n) is 4.59. The molecule has 2 aliphatic rings. The topological polar surface area (TPSA) is 93.4 Å². The first-order valence-electron chi connectivity index (χ1n) is 8.34. The van der Waals surface area contributed by atoms with Gasteiger partial charge in [0.05, 0.1) is 0 Å². The lowest BCUT2D eigenvalue weighted by atomic mass is 9.89. The summed E-state index contributed by atoms with van der Waals surface area (Å²) in [5, 5.41) is 3.79. The van der Waals surface area contributed by atoms with E-state index in [0.29, 0.717) is 19.0 Å². The summed E-state index contributed by atoms with van der Waals surface area (Å²) in [5.74, 6) is -0.165. The van der Waals surface area contributed by atoms with Gasteiger partial charge in [0.25, 0.3) is 0 Å². The molecule has 128 valence electrons. The molecule has 1 aliphatic heterocycles. The van der Waals surface area contributed by atoms with Crippen molar-refractivity contribution in [1.29, 1.82) is 0 Å². The van der Waals surface area contributed by atoms with E-state index < -0.39 is 15.6 Å². The average molecular weight is 341 g/mol. The molecule has 0 bridgehead atoms. The first kappa shape index (κ1) is 16.4. The summed E-state index contributed by atoms with van der Waals surface area (Å²) in [4.78, 5) is 17.8. The summed E-state index contributed by atoms with van der Waals surface area (Å²) in [6, 6.07) is 0. The molecule has 1 amide bonds. The van der Waals surface area contributed by atoms with E-state index in [0.717, 1.165) is 38.5 Å². The Morgan fingerprint density at radius 1 is 1.13 bits per heavy atom. The van der Waals surface area contributed by atoms with E-state index >= 15 is 0 Å². The van der Waals surface area contributed by atoms with Crippen LogP contribution in [0.3, 0.4) is 0 Å². The van der Waals surface area contributed by atoms with E-state index in [9.17, 15) is 13.2 Å². The van der Waals surface area contributed by atoms with E-state index in [-0.39, 0.29) is 23.4 Å². The molecule has 0 N–H and O–H groups in total. The molecule has 23 heavy (non-hydrogen) atoms. The maximum atomic E-state index is 12.2. The molecule has 1 aliphatic carbocycles. The van der Waals surface area contributed by atoms with Crippen molar-refractivity contribution in [3.63, 3.8) is 0 Å². The van der Waals surface area contributed by atoms with Gasteiger partial charge in [-0.3, -0.25) is 4.79 Å². The van der Waals surface area contributed by atoms with Crippen LogP contribution in [0.4, 0.5) is 0 Å². The van der Waals surface area contributed by atoms with Crippen molar-refractivity contribution in [2.75, 3.05) is 18.8 Å². The Kier molecular flexibility index (Phi) is 4.99. The zero-order valence-corrected chi connectivity index (χ0v) is 14.1. The number of amides is 1. The van der Waals surface area contributed by atoms with Crippen LogP contribution in [-0.2, 0) is 20.4 Å². The van der Waals surface area contributed by atoms with Gasteiger partial charge < -0.3 is 9.42 Å². The lowest BCUT2D eigenvalue weighted by Crippen LogP contribution is -2.33. The second-order valence-electron chi connectivity index (χ2n) is 6.50. The molecule has 0 aromatic carbocycles. The summed E-state index contributed by atoms with van der Waals surface area (Å²) in [6.07, 6.45) is 7.44. The Labute approximate surface area is 136 Å². The van der Waals surface area contributed by atoms with Crippen molar-refractivity contribution in [2.24, 2.45) is 0 Å². The fraction of sp³-hybridized carbons (Fsp3) is 0.800. The highest BCUT2D eigenvalue weighted by Crippen LogP contribution is 2.31. The van der Waals surface area contributed by atoms with Gasteiger partial charge in [0, 0.05) is 19.0 Å². The number of rotatable bonds is 5. The lowest BCUT2D eigenvalue weighted by Gasteiger charge is -2.17. The molecule has 1 saturated carbocycles. The summed E-state index contributed by atoms with van der Waals surface area (Å²) in [7, 11) is -3.56. The van der Waals surface area contributed by atoms with Crippen molar-refractivity contribution in [1.82, 2.24) is 15.0 Å². The van der Waals surface area contributed by atoms with Gasteiger partial charge in [-0.25, -0.2) is 8.42 Å². The molecule has 0 unspecified atom stereocenters. The molecule has 3 rings (SSSR count). The van der Waals surface area contributed by atoms with Crippen LogP contribution in [-0.4, -0.2) is 48.2 Å². The van der Waals surface area contributed by atoms with E-state index in [1.165, 1.54) is 6.42 Å². The number of carbonyl (C=O) groups is 1. The SMILES string of the molecule is O=C(CS(=O)(=O)Cc1noc(C2CCCCC2)n1)N1CCCC1. The molecule has 1 aromatic heterocycles. The molecular formula is C15H23N3O4S. The zero-order valence-electron chi connectivity index (χ0n) is 13.2. The van der Waals surface area contributed by atoms with Crippen LogP contribution in [0.2, 0.25) is 0 Å². The third kappa shape index (κ3) is 4.31. The third-order valence-corrected chi connectivity index (χ3v) is 5.97. The van der Waals surface area contributed by atoms with Crippen molar-refractivity contribution in [2.45, 2.75) is 56.6 Å². The molecule has 2 heterocycles. The van der Waals surface area contributed by atoms with E-state index in [1.54, 1.807) is 4.90 Å². The Hall–Kier alpha value is -1.44.